The Morgan fingerprint density at radius 2 is 1.53 bits per heavy atom. The van der Waals surface area contributed by atoms with Crippen molar-refractivity contribution >= 4 is 17.5 Å². The molecule has 0 aromatic carbocycles. The molecule has 0 aliphatic carbocycles. The van der Waals surface area contributed by atoms with Gasteiger partial charge in [-0.15, -0.1) is 0 Å². The van der Waals surface area contributed by atoms with E-state index in [9.17, 15) is 0 Å². The average Bonchev–Trinajstić information content (AvgIpc) is 2.80. The van der Waals surface area contributed by atoms with Crippen molar-refractivity contribution < 1.29 is 22.1 Å². The first-order chi connectivity index (χ1) is 9.12. The molecule has 1 aliphatic heterocycles. The van der Waals surface area contributed by atoms with Crippen molar-refractivity contribution in [1.82, 2.24) is 4.57 Å². The molecular formula is C11H27NO5Si2. The van der Waals surface area contributed by atoms with Gasteiger partial charge in [0.05, 0.1) is 6.17 Å². The lowest BCUT2D eigenvalue weighted by molar-refractivity contribution is 0.0955. The quantitative estimate of drug-likeness (QED) is 0.595. The van der Waals surface area contributed by atoms with Crippen LogP contribution in [0, 0.1) is 0 Å². The summed E-state index contributed by atoms with van der Waals surface area (Å²) in [6, 6.07) is 0.996. The third-order valence-corrected chi connectivity index (χ3v) is 10.2. The summed E-state index contributed by atoms with van der Waals surface area (Å²) in [6.45, 7) is 6.32. The Morgan fingerprint density at radius 1 is 1.00 bits per heavy atom. The molecular weight excluding hydrogens is 282 g/mol. The van der Waals surface area contributed by atoms with Crippen LogP contribution in [-0.2, 0) is 22.1 Å². The summed E-state index contributed by atoms with van der Waals surface area (Å²) < 4.78 is 30.9. The molecule has 1 fully saturated rings. The van der Waals surface area contributed by atoms with Crippen LogP contribution in [-0.4, -0.2) is 69.3 Å². The zero-order chi connectivity index (χ0) is 14.4. The summed E-state index contributed by atoms with van der Waals surface area (Å²) in [7, 11) is -0.00461. The first kappa shape index (κ1) is 17.2. The second-order valence-corrected chi connectivity index (χ2v) is 10.4. The molecule has 114 valence electrons. The van der Waals surface area contributed by atoms with Crippen LogP contribution in [0.5, 0.6) is 0 Å². The highest BCUT2D eigenvalue weighted by Gasteiger charge is 2.53. The van der Waals surface area contributed by atoms with Gasteiger partial charge in [-0.2, -0.15) is 0 Å². The van der Waals surface area contributed by atoms with Gasteiger partial charge in [-0.05, 0) is 26.8 Å². The zero-order valence-electron chi connectivity index (χ0n) is 12.7. The fourth-order valence-corrected chi connectivity index (χ4v) is 8.64. The Balaban J connectivity index is 2.83. The van der Waals surface area contributed by atoms with E-state index in [0.717, 1.165) is 19.0 Å². The smallest absolute Gasteiger partial charge is 0.383 e. The molecule has 0 amide bonds. The van der Waals surface area contributed by atoms with Crippen LogP contribution in [0.4, 0.5) is 0 Å². The molecule has 1 heterocycles. The van der Waals surface area contributed by atoms with Gasteiger partial charge in [-0.25, -0.2) is 0 Å². The minimum absolute atomic E-state index is 0.628. The molecule has 0 aromatic heterocycles. The van der Waals surface area contributed by atoms with Gasteiger partial charge in [0.1, 0.15) is 0 Å². The summed E-state index contributed by atoms with van der Waals surface area (Å²) in [5, 5.41) is 0. The standard InChI is InChI=1S/C11H27NO5Si2/c1-6-16-18(17-7-2)10-8-9-12(18)11-19(13-3,14-4)15-5/h6-11H2,1-5H3. The van der Waals surface area contributed by atoms with Gasteiger partial charge in [-0.3, -0.25) is 4.57 Å². The van der Waals surface area contributed by atoms with Gasteiger partial charge < -0.3 is 22.1 Å². The van der Waals surface area contributed by atoms with Crippen molar-refractivity contribution in [2.24, 2.45) is 0 Å². The number of nitrogens with zero attached hydrogens (tertiary/aromatic N) is 1. The van der Waals surface area contributed by atoms with Crippen LogP contribution in [0.3, 0.4) is 0 Å². The van der Waals surface area contributed by atoms with Crippen molar-refractivity contribution in [3.05, 3.63) is 0 Å². The highest BCUT2D eigenvalue weighted by atomic mass is 28.4. The van der Waals surface area contributed by atoms with E-state index in [-0.39, 0.29) is 0 Å². The van der Waals surface area contributed by atoms with Crippen molar-refractivity contribution in [1.29, 1.82) is 0 Å². The maximum absolute atomic E-state index is 6.02. The Kier molecular flexibility index (Phi) is 7.12. The predicted octanol–water partition coefficient (Wildman–Crippen LogP) is 1.12. The molecule has 0 spiro atoms. The zero-order valence-corrected chi connectivity index (χ0v) is 14.7. The van der Waals surface area contributed by atoms with E-state index in [1.807, 2.05) is 13.8 Å². The summed E-state index contributed by atoms with van der Waals surface area (Å²) in [5.74, 6) is 0. The van der Waals surface area contributed by atoms with E-state index in [1.165, 1.54) is 0 Å². The maximum atomic E-state index is 6.02. The largest absolute Gasteiger partial charge is 0.514 e. The second kappa shape index (κ2) is 7.84. The first-order valence-electron chi connectivity index (χ1n) is 6.80. The molecule has 0 saturated carbocycles. The van der Waals surface area contributed by atoms with Gasteiger partial charge in [0.25, 0.3) is 0 Å². The highest BCUT2D eigenvalue weighted by molar-refractivity contribution is 6.68. The van der Waals surface area contributed by atoms with Crippen molar-refractivity contribution in [2.45, 2.75) is 26.3 Å². The van der Waals surface area contributed by atoms with Gasteiger partial charge >= 0.3 is 17.5 Å². The van der Waals surface area contributed by atoms with E-state index in [1.54, 1.807) is 21.3 Å². The molecule has 0 N–H and O–H groups in total. The molecule has 1 aliphatic rings. The second-order valence-electron chi connectivity index (χ2n) is 4.40. The molecule has 0 radical (unpaired) electrons. The van der Waals surface area contributed by atoms with E-state index in [0.29, 0.717) is 19.4 Å². The van der Waals surface area contributed by atoms with Gasteiger partial charge in [0, 0.05) is 40.6 Å². The highest BCUT2D eigenvalue weighted by Crippen LogP contribution is 2.29. The Hall–Kier alpha value is 0.194. The van der Waals surface area contributed by atoms with Gasteiger partial charge in [-0.1, -0.05) is 0 Å². The molecule has 6 nitrogen and oxygen atoms in total. The molecule has 0 unspecified atom stereocenters. The number of hydrogen-bond acceptors (Lipinski definition) is 6. The van der Waals surface area contributed by atoms with Gasteiger partial charge in [0.15, 0.2) is 0 Å². The monoisotopic (exact) mass is 309 g/mol. The van der Waals surface area contributed by atoms with Gasteiger partial charge in [0.2, 0.25) is 0 Å². The van der Waals surface area contributed by atoms with Crippen LogP contribution >= 0.6 is 0 Å². The summed E-state index contributed by atoms with van der Waals surface area (Å²) in [4.78, 5) is 0. The van der Waals surface area contributed by atoms with Crippen molar-refractivity contribution in [2.75, 3.05) is 47.3 Å². The molecule has 8 heteroatoms. The molecule has 1 rings (SSSR count). The minimum Gasteiger partial charge on any atom is -0.383 e. The van der Waals surface area contributed by atoms with Crippen molar-refractivity contribution in [3.8, 4) is 0 Å². The predicted molar refractivity (Wildman–Crippen MR) is 76.8 cm³/mol. The van der Waals surface area contributed by atoms with E-state index in [2.05, 4.69) is 4.57 Å². The topological polar surface area (TPSA) is 49.4 Å². The minimum atomic E-state index is -2.63. The molecule has 0 aromatic rings. The molecule has 1 saturated heterocycles. The summed E-state index contributed by atoms with van der Waals surface area (Å²) in [6.07, 6.45) is 1.72. The molecule has 0 bridgehead atoms. The Labute approximate surface area is 118 Å². The third kappa shape index (κ3) is 3.85. The first-order valence-corrected chi connectivity index (χ1v) is 10.7. The van der Waals surface area contributed by atoms with Crippen LogP contribution in [0.25, 0.3) is 0 Å². The summed E-state index contributed by atoms with van der Waals surface area (Å²) in [5.41, 5.74) is 0. The maximum Gasteiger partial charge on any atom is 0.514 e. The Bertz CT molecular complexity index is 251. The lowest BCUT2D eigenvalue weighted by Crippen LogP contribution is -2.62. The summed E-state index contributed by atoms with van der Waals surface area (Å²) >= 11 is 0. The molecule has 0 atom stereocenters. The normalized spacial score (nSPS) is 20.1. The molecule has 19 heavy (non-hydrogen) atoms. The van der Waals surface area contributed by atoms with Crippen LogP contribution in [0.2, 0.25) is 6.04 Å². The third-order valence-electron chi connectivity index (χ3n) is 3.46. The lowest BCUT2D eigenvalue weighted by atomic mass is 10.5. The van der Waals surface area contributed by atoms with Crippen LogP contribution in [0.1, 0.15) is 20.3 Å². The van der Waals surface area contributed by atoms with Crippen molar-refractivity contribution in [3.63, 3.8) is 0 Å². The van der Waals surface area contributed by atoms with Crippen LogP contribution < -0.4 is 0 Å². The lowest BCUT2D eigenvalue weighted by Gasteiger charge is -2.37. The SMILES string of the molecule is CCO[Si]1(OCC)CCCN1C[Si](OC)(OC)OC. The number of hydrogen-bond donors (Lipinski definition) is 0. The fourth-order valence-electron chi connectivity index (χ4n) is 2.52. The Morgan fingerprint density at radius 3 is 1.95 bits per heavy atom. The average molecular weight is 310 g/mol. The van der Waals surface area contributed by atoms with E-state index < -0.39 is 17.5 Å². The van der Waals surface area contributed by atoms with Crippen LogP contribution in [0.15, 0.2) is 0 Å². The fraction of sp³-hybridized carbons (Fsp3) is 1.00. The van der Waals surface area contributed by atoms with E-state index in [4.69, 9.17) is 22.1 Å². The number of rotatable bonds is 9. The van der Waals surface area contributed by atoms with E-state index >= 15 is 0 Å².